The molecule has 0 bridgehead atoms. The first-order chi connectivity index (χ1) is 12.9. The maximum atomic E-state index is 12.4. The monoisotopic (exact) mass is 410 g/mol. The molecule has 7 heteroatoms. The number of benzene rings is 2. The first kappa shape index (κ1) is 21.7. The van der Waals surface area contributed by atoms with E-state index >= 15 is 0 Å². The molecule has 2 aromatic rings. The van der Waals surface area contributed by atoms with E-state index in [4.69, 9.17) is 16.3 Å². The Balaban J connectivity index is 1.90. The molecule has 2 aromatic carbocycles. The predicted molar refractivity (Wildman–Crippen MR) is 110 cm³/mol. The molecule has 0 spiro atoms. The third-order valence-corrected chi connectivity index (χ3v) is 6.22. The second-order valence-electron chi connectivity index (χ2n) is 6.28. The molecule has 0 fully saturated rings. The third-order valence-electron chi connectivity index (χ3n) is 4.34. The molecule has 0 aliphatic carbocycles. The van der Waals surface area contributed by atoms with Crippen LogP contribution in [0.5, 0.6) is 5.75 Å². The molecule has 0 aliphatic heterocycles. The van der Waals surface area contributed by atoms with Gasteiger partial charge in [-0.1, -0.05) is 43.6 Å². The minimum absolute atomic E-state index is 0.0890. The second kappa shape index (κ2) is 10.1. The van der Waals surface area contributed by atoms with Crippen LogP contribution in [0, 0.1) is 6.92 Å². The lowest BCUT2D eigenvalue weighted by molar-refractivity contribution is 0.223. The van der Waals surface area contributed by atoms with E-state index in [1.165, 1.54) is 6.07 Å². The van der Waals surface area contributed by atoms with E-state index in [-0.39, 0.29) is 16.5 Å². The van der Waals surface area contributed by atoms with Gasteiger partial charge in [0.25, 0.3) is 0 Å². The molecule has 1 N–H and O–H groups in total. The first-order valence-corrected chi connectivity index (χ1v) is 10.9. The largest absolute Gasteiger partial charge is 0.492 e. The van der Waals surface area contributed by atoms with Crippen molar-refractivity contribution in [3.05, 3.63) is 58.6 Å². The molecule has 0 saturated heterocycles. The van der Waals surface area contributed by atoms with Crippen molar-refractivity contribution in [2.75, 3.05) is 26.2 Å². The average molecular weight is 411 g/mol. The molecule has 0 aromatic heterocycles. The Morgan fingerprint density at radius 3 is 2.33 bits per heavy atom. The van der Waals surface area contributed by atoms with Gasteiger partial charge in [0.05, 0.1) is 5.02 Å². The number of likely N-dealkylation sites (N-methyl/N-ethyl adjacent to an activating group) is 1. The molecule has 0 atom stereocenters. The smallest absolute Gasteiger partial charge is 0.242 e. The fourth-order valence-electron chi connectivity index (χ4n) is 2.62. The van der Waals surface area contributed by atoms with Crippen molar-refractivity contribution in [2.24, 2.45) is 0 Å². The van der Waals surface area contributed by atoms with Crippen molar-refractivity contribution in [2.45, 2.75) is 32.2 Å². The molecule has 27 heavy (non-hydrogen) atoms. The average Bonchev–Trinajstić information content (AvgIpc) is 2.64. The summed E-state index contributed by atoms with van der Waals surface area (Å²) in [7, 11) is -3.66. The van der Waals surface area contributed by atoms with E-state index in [2.05, 4.69) is 23.5 Å². The summed E-state index contributed by atoms with van der Waals surface area (Å²) < 4.78 is 33.2. The third kappa shape index (κ3) is 6.50. The van der Waals surface area contributed by atoms with Gasteiger partial charge in [-0.05, 0) is 55.4 Å². The molecule has 0 unspecified atom stereocenters. The Morgan fingerprint density at radius 2 is 1.74 bits per heavy atom. The van der Waals surface area contributed by atoms with Gasteiger partial charge in [-0.25, -0.2) is 13.1 Å². The summed E-state index contributed by atoms with van der Waals surface area (Å²) in [6, 6.07) is 12.3. The van der Waals surface area contributed by atoms with Gasteiger partial charge >= 0.3 is 0 Å². The van der Waals surface area contributed by atoms with Gasteiger partial charge in [0, 0.05) is 13.1 Å². The first-order valence-electron chi connectivity index (χ1n) is 9.05. The van der Waals surface area contributed by atoms with Crippen LogP contribution < -0.4 is 9.46 Å². The number of aryl methyl sites for hydroxylation is 1. The Morgan fingerprint density at radius 1 is 1.07 bits per heavy atom. The van der Waals surface area contributed by atoms with Gasteiger partial charge < -0.3 is 9.64 Å². The van der Waals surface area contributed by atoms with Crippen molar-refractivity contribution in [1.29, 1.82) is 0 Å². The van der Waals surface area contributed by atoms with Crippen LogP contribution in [0.15, 0.2) is 47.4 Å². The highest BCUT2D eigenvalue weighted by Crippen LogP contribution is 2.22. The number of nitrogens with zero attached hydrogens (tertiary/aromatic N) is 1. The van der Waals surface area contributed by atoms with Crippen molar-refractivity contribution >= 4 is 21.6 Å². The quantitative estimate of drug-likeness (QED) is 0.646. The van der Waals surface area contributed by atoms with E-state index < -0.39 is 10.0 Å². The molecular formula is C20H27ClN2O3S. The number of rotatable bonds is 10. The highest BCUT2D eigenvalue weighted by Gasteiger charge is 2.17. The maximum Gasteiger partial charge on any atom is 0.242 e. The van der Waals surface area contributed by atoms with Crippen LogP contribution >= 0.6 is 11.6 Å². The molecular weight excluding hydrogens is 384 g/mol. The molecule has 0 heterocycles. The van der Waals surface area contributed by atoms with E-state index in [1.807, 2.05) is 31.2 Å². The Kier molecular flexibility index (Phi) is 8.10. The van der Waals surface area contributed by atoms with Crippen LogP contribution in [-0.4, -0.2) is 39.6 Å². The van der Waals surface area contributed by atoms with Crippen molar-refractivity contribution in [3.63, 3.8) is 0 Å². The molecule has 5 nitrogen and oxygen atoms in total. The summed E-state index contributed by atoms with van der Waals surface area (Å²) in [6.45, 7) is 9.82. The summed E-state index contributed by atoms with van der Waals surface area (Å²) in [4.78, 5) is 2.38. The Hall–Kier alpha value is -1.60. The summed E-state index contributed by atoms with van der Waals surface area (Å²) in [5, 5.41) is 0.222. The van der Waals surface area contributed by atoms with Gasteiger partial charge in [-0.3, -0.25) is 0 Å². The molecule has 0 radical (unpaired) electrons. The zero-order valence-corrected chi connectivity index (χ0v) is 17.6. The zero-order chi connectivity index (χ0) is 19.9. The van der Waals surface area contributed by atoms with Gasteiger partial charge in [-0.15, -0.1) is 0 Å². The lowest BCUT2D eigenvalue weighted by Crippen LogP contribution is -2.27. The summed E-state index contributed by atoms with van der Waals surface area (Å²) in [5.74, 6) is 0.773. The normalized spacial score (nSPS) is 11.7. The van der Waals surface area contributed by atoms with Gasteiger partial charge in [0.1, 0.15) is 17.3 Å². The van der Waals surface area contributed by atoms with E-state index in [0.29, 0.717) is 6.61 Å². The lowest BCUT2D eigenvalue weighted by Gasteiger charge is -2.18. The molecule has 2 rings (SSSR count). The SMILES string of the molecule is CCN(CC)CCOc1ccc(CNS(=O)(=O)c2ccc(C)cc2Cl)cc1. The van der Waals surface area contributed by atoms with E-state index in [9.17, 15) is 8.42 Å². The number of nitrogens with one attached hydrogen (secondary N) is 1. The second-order valence-corrected chi connectivity index (χ2v) is 8.42. The zero-order valence-electron chi connectivity index (χ0n) is 16.0. The maximum absolute atomic E-state index is 12.4. The number of hydrogen-bond donors (Lipinski definition) is 1. The van der Waals surface area contributed by atoms with Crippen LogP contribution in [0.3, 0.4) is 0 Å². The van der Waals surface area contributed by atoms with Gasteiger partial charge in [0.15, 0.2) is 0 Å². The Labute approximate surface area is 167 Å². The fourth-order valence-corrected chi connectivity index (χ4v) is 4.23. The fraction of sp³-hybridized carbons (Fsp3) is 0.400. The van der Waals surface area contributed by atoms with Gasteiger partial charge in [-0.2, -0.15) is 0 Å². The lowest BCUT2D eigenvalue weighted by atomic mass is 10.2. The minimum Gasteiger partial charge on any atom is -0.492 e. The van der Waals surface area contributed by atoms with Crippen LogP contribution in [0.25, 0.3) is 0 Å². The van der Waals surface area contributed by atoms with Crippen LogP contribution in [0.1, 0.15) is 25.0 Å². The van der Waals surface area contributed by atoms with Crippen LogP contribution in [-0.2, 0) is 16.6 Å². The molecule has 148 valence electrons. The highest BCUT2D eigenvalue weighted by atomic mass is 35.5. The van der Waals surface area contributed by atoms with Crippen molar-refractivity contribution < 1.29 is 13.2 Å². The van der Waals surface area contributed by atoms with Gasteiger partial charge in [0.2, 0.25) is 10.0 Å². The summed E-state index contributed by atoms with van der Waals surface area (Å²) in [5.41, 5.74) is 1.76. The summed E-state index contributed by atoms with van der Waals surface area (Å²) >= 11 is 6.07. The van der Waals surface area contributed by atoms with Crippen molar-refractivity contribution in [3.8, 4) is 5.75 Å². The Bertz CT molecular complexity index is 835. The number of halogens is 1. The number of sulfonamides is 1. The topological polar surface area (TPSA) is 58.6 Å². The number of hydrogen-bond acceptors (Lipinski definition) is 4. The van der Waals surface area contributed by atoms with Crippen LogP contribution in [0.4, 0.5) is 0 Å². The standard InChI is InChI=1S/C20H27ClN2O3S/c1-4-23(5-2)12-13-26-18-9-7-17(8-10-18)15-22-27(24,25)20-11-6-16(3)14-19(20)21/h6-11,14,22H,4-5,12-13,15H2,1-3H3. The molecule has 0 aliphatic rings. The van der Waals surface area contributed by atoms with Crippen molar-refractivity contribution in [1.82, 2.24) is 9.62 Å². The van der Waals surface area contributed by atoms with Crippen LogP contribution in [0.2, 0.25) is 5.02 Å². The molecule has 0 amide bonds. The van der Waals surface area contributed by atoms with E-state index in [0.717, 1.165) is 36.5 Å². The number of ether oxygens (including phenoxy) is 1. The van der Waals surface area contributed by atoms with E-state index in [1.54, 1.807) is 12.1 Å². The highest BCUT2D eigenvalue weighted by molar-refractivity contribution is 7.89. The predicted octanol–water partition coefficient (Wildman–Crippen LogP) is 3.85. The minimum atomic E-state index is -3.66. The molecule has 0 saturated carbocycles. The summed E-state index contributed by atoms with van der Waals surface area (Å²) in [6.07, 6.45) is 0.